The van der Waals surface area contributed by atoms with Gasteiger partial charge in [0.1, 0.15) is 11.3 Å². The lowest BCUT2D eigenvalue weighted by atomic mass is 9.94. The predicted molar refractivity (Wildman–Crippen MR) is 78.0 cm³/mol. The summed E-state index contributed by atoms with van der Waals surface area (Å²) in [5, 5.41) is 0.669. The molecule has 0 spiro atoms. The first-order chi connectivity index (χ1) is 9.15. The smallest absolute Gasteiger partial charge is 0.125 e. The van der Waals surface area contributed by atoms with E-state index in [0.29, 0.717) is 17.5 Å². The highest BCUT2D eigenvalue weighted by atomic mass is 35.5. The van der Waals surface area contributed by atoms with Gasteiger partial charge in [-0.05, 0) is 31.9 Å². The molecule has 1 fully saturated rings. The minimum Gasteiger partial charge on any atom is -0.379 e. The van der Waals surface area contributed by atoms with Crippen molar-refractivity contribution in [3.63, 3.8) is 0 Å². The van der Waals surface area contributed by atoms with E-state index in [1.807, 2.05) is 18.2 Å². The maximum atomic E-state index is 6.23. The monoisotopic (exact) mass is 298 g/mol. The van der Waals surface area contributed by atoms with Gasteiger partial charge in [-0.1, -0.05) is 17.7 Å². The molecule has 2 heterocycles. The minimum absolute atomic E-state index is 0.0953. The molecular formula is C14H16Cl2N2O. The summed E-state index contributed by atoms with van der Waals surface area (Å²) in [7, 11) is 0. The number of ether oxygens (including phenoxy) is 1. The van der Waals surface area contributed by atoms with E-state index in [0.717, 1.165) is 36.3 Å². The van der Waals surface area contributed by atoms with E-state index in [1.54, 1.807) is 0 Å². The molecular weight excluding hydrogens is 283 g/mol. The normalized spacial score (nSPS) is 23.9. The van der Waals surface area contributed by atoms with Gasteiger partial charge in [0.25, 0.3) is 0 Å². The lowest BCUT2D eigenvalue weighted by molar-refractivity contribution is 0.0104. The molecule has 1 aromatic carbocycles. The Balaban J connectivity index is 2.23. The van der Waals surface area contributed by atoms with E-state index in [4.69, 9.17) is 27.9 Å². The van der Waals surface area contributed by atoms with E-state index >= 15 is 0 Å². The van der Waals surface area contributed by atoms with Gasteiger partial charge >= 0.3 is 0 Å². The number of benzene rings is 1. The maximum absolute atomic E-state index is 6.23. The van der Waals surface area contributed by atoms with Gasteiger partial charge in [-0.3, -0.25) is 0 Å². The van der Waals surface area contributed by atoms with Crippen LogP contribution in [0.1, 0.15) is 25.6 Å². The number of hydrogen-bond acceptors (Lipinski definition) is 2. The molecule has 0 bridgehead atoms. The molecule has 0 radical (unpaired) electrons. The molecule has 0 amide bonds. The Hall–Kier alpha value is -0.770. The number of halogens is 2. The van der Waals surface area contributed by atoms with Crippen LogP contribution in [0.15, 0.2) is 18.2 Å². The van der Waals surface area contributed by atoms with Gasteiger partial charge in [0.2, 0.25) is 0 Å². The zero-order valence-electron chi connectivity index (χ0n) is 10.8. The molecule has 0 saturated carbocycles. The highest BCUT2D eigenvalue weighted by Gasteiger charge is 2.33. The van der Waals surface area contributed by atoms with Crippen LogP contribution in [-0.2, 0) is 16.2 Å². The zero-order valence-corrected chi connectivity index (χ0v) is 12.3. The summed E-state index contributed by atoms with van der Waals surface area (Å²) >= 11 is 12.3. The average molecular weight is 299 g/mol. The second kappa shape index (κ2) is 4.97. The first kappa shape index (κ1) is 13.2. The van der Waals surface area contributed by atoms with E-state index in [2.05, 4.69) is 16.5 Å². The molecule has 1 aromatic heterocycles. The Morgan fingerprint density at radius 1 is 1.47 bits per heavy atom. The van der Waals surface area contributed by atoms with Crippen molar-refractivity contribution in [1.82, 2.24) is 9.55 Å². The van der Waals surface area contributed by atoms with E-state index < -0.39 is 0 Å². The van der Waals surface area contributed by atoms with E-state index in [9.17, 15) is 0 Å². The van der Waals surface area contributed by atoms with E-state index in [1.165, 1.54) is 0 Å². The van der Waals surface area contributed by atoms with Crippen molar-refractivity contribution in [3.05, 3.63) is 29.0 Å². The summed E-state index contributed by atoms with van der Waals surface area (Å²) in [6.45, 7) is 3.72. The van der Waals surface area contributed by atoms with Crippen molar-refractivity contribution in [2.45, 2.75) is 31.2 Å². The highest BCUT2D eigenvalue weighted by Crippen LogP contribution is 2.34. The summed E-state index contributed by atoms with van der Waals surface area (Å²) in [6.07, 6.45) is 2.12. The van der Waals surface area contributed by atoms with Crippen molar-refractivity contribution >= 4 is 34.2 Å². The van der Waals surface area contributed by atoms with Crippen LogP contribution in [0.4, 0.5) is 0 Å². The third kappa shape index (κ3) is 2.14. The summed E-state index contributed by atoms with van der Waals surface area (Å²) < 4.78 is 7.87. The van der Waals surface area contributed by atoms with Crippen LogP contribution in [-0.4, -0.2) is 22.8 Å². The van der Waals surface area contributed by atoms with Crippen molar-refractivity contribution in [1.29, 1.82) is 0 Å². The second-order valence-electron chi connectivity index (χ2n) is 5.26. The van der Waals surface area contributed by atoms with Crippen LogP contribution in [0.5, 0.6) is 0 Å². The quantitative estimate of drug-likeness (QED) is 0.785. The zero-order chi connectivity index (χ0) is 13.5. The Bertz CT molecular complexity index is 603. The van der Waals surface area contributed by atoms with Gasteiger partial charge < -0.3 is 9.30 Å². The van der Waals surface area contributed by atoms with Gasteiger partial charge in [0, 0.05) is 6.61 Å². The maximum Gasteiger partial charge on any atom is 0.125 e. The molecule has 3 rings (SSSR count). The fourth-order valence-electron chi connectivity index (χ4n) is 2.90. The highest BCUT2D eigenvalue weighted by molar-refractivity contribution is 6.35. The molecule has 3 nitrogen and oxygen atoms in total. The van der Waals surface area contributed by atoms with Crippen LogP contribution in [0.2, 0.25) is 5.02 Å². The molecule has 2 aromatic rings. The van der Waals surface area contributed by atoms with Crippen LogP contribution >= 0.6 is 23.2 Å². The fraction of sp³-hybridized carbons (Fsp3) is 0.500. The predicted octanol–water partition coefficient (Wildman–Crippen LogP) is 3.95. The Kier molecular flexibility index (Phi) is 3.46. The minimum atomic E-state index is -0.0953. The van der Waals surface area contributed by atoms with E-state index in [-0.39, 0.29) is 5.54 Å². The van der Waals surface area contributed by atoms with Crippen LogP contribution < -0.4 is 0 Å². The van der Waals surface area contributed by atoms with Gasteiger partial charge in [0.15, 0.2) is 0 Å². The van der Waals surface area contributed by atoms with Crippen LogP contribution in [0.25, 0.3) is 11.0 Å². The molecule has 5 heteroatoms. The number of rotatable bonds is 2. The van der Waals surface area contributed by atoms with Gasteiger partial charge in [-0.15, -0.1) is 11.6 Å². The average Bonchev–Trinajstić information content (AvgIpc) is 2.80. The van der Waals surface area contributed by atoms with Crippen molar-refractivity contribution in [2.24, 2.45) is 0 Å². The van der Waals surface area contributed by atoms with Crippen LogP contribution in [0, 0.1) is 0 Å². The number of imidazole rings is 1. The molecule has 1 unspecified atom stereocenters. The number of aromatic nitrogens is 2. The standard InChI is InChI=1S/C14H16Cl2N2O/c1-14(6-3-7-19-9-14)18-11-5-2-4-10(16)13(11)17-12(18)8-15/h2,4-5H,3,6-9H2,1H3. The van der Waals surface area contributed by atoms with Crippen molar-refractivity contribution in [2.75, 3.05) is 13.2 Å². The number of nitrogens with zero attached hydrogens (tertiary/aromatic N) is 2. The third-order valence-electron chi connectivity index (χ3n) is 3.78. The van der Waals surface area contributed by atoms with Crippen molar-refractivity contribution < 1.29 is 4.74 Å². The number of para-hydroxylation sites is 1. The molecule has 0 aliphatic carbocycles. The molecule has 1 saturated heterocycles. The lowest BCUT2D eigenvalue weighted by Gasteiger charge is -2.36. The first-order valence-corrected chi connectivity index (χ1v) is 7.37. The first-order valence-electron chi connectivity index (χ1n) is 6.46. The molecule has 1 aliphatic rings. The largest absolute Gasteiger partial charge is 0.379 e. The Morgan fingerprint density at radius 2 is 2.32 bits per heavy atom. The molecule has 102 valence electrons. The topological polar surface area (TPSA) is 27.1 Å². The summed E-state index contributed by atoms with van der Waals surface area (Å²) in [5.41, 5.74) is 1.77. The lowest BCUT2D eigenvalue weighted by Crippen LogP contribution is -2.39. The van der Waals surface area contributed by atoms with Gasteiger partial charge in [0.05, 0.1) is 28.6 Å². The third-order valence-corrected chi connectivity index (χ3v) is 4.33. The molecule has 0 N–H and O–H groups in total. The summed E-state index contributed by atoms with van der Waals surface area (Å²) in [5.74, 6) is 1.23. The van der Waals surface area contributed by atoms with Gasteiger partial charge in [-0.2, -0.15) is 0 Å². The molecule has 19 heavy (non-hydrogen) atoms. The molecule has 1 aliphatic heterocycles. The Labute approximate surface area is 122 Å². The molecule has 1 atom stereocenters. The van der Waals surface area contributed by atoms with Crippen molar-refractivity contribution in [3.8, 4) is 0 Å². The summed E-state index contributed by atoms with van der Waals surface area (Å²) in [4.78, 5) is 4.59. The number of alkyl halides is 1. The summed E-state index contributed by atoms with van der Waals surface area (Å²) in [6, 6.07) is 5.86. The number of hydrogen-bond donors (Lipinski definition) is 0. The number of fused-ring (bicyclic) bond motifs is 1. The van der Waals surface area contributed by atoms with Crippen LogP contribution in [0.3, 0.4) is 0 Å². The fourth-order valence-corrected chi connectivity index (χ4v) is 3.29. The Morgan fingerprint density at radius 3 is 3.00 bits per heavy atom. The van der Waals surface area contributed by atoms with Gasteiger partial charge in [-0.25, -0.2) is 4.98 Å². The second-order valence-corrected chi connectivity index (χ2v) is 5.93. The SMILES string of the molecule is CC1(n2c(CCl)nc3c(Cl)cccc32)CCCOC1.